The molecule has 2 aromatic carbocycles. The van der Waals surface area contributed by atoms with E-state index in [1.54, 1.807) is 18.2 Å². The standard InChI is InChI=1S/C27H27ClN4O6S/c28-21-13-22-26(31-27(29-22)38-19-12-23(34)24(14-33)37-15-19)30-25(21)18-4-2-16(3-5-18)17-6-8-20(9-7-17)39(35,36)32-10-1-11-32/h2-9,13,19,23-24,33-34H,1,10-12,14-15H2,(H,29,30,31)/t19-,23+,24-/m1/s1. The Kier molecular flexibility index (Phi) is 7.04. The van der Waals surface area contributed by atoms with Crippen molar-refractivity contribution in [3.63, 3.8) is 0 Å². The Morgan fingerprint density at radius 3 is 2.33 bits per heavy atom. The lowest BCUT2D eigenvalue weighted by molar-refractivity contribution is -0.131. The number of H-pyrrole nitrogens is 1. The third-order valence-electron chi connectivity index (χ3n) is 7.09. The Morgan fingerprint density at radius 1 is 1.05 bits per heavy atom. The number of hydrogen-bond acceptors (Lipinski definition) is 8. The van der Waals surface area contributed by atoms with Gasteiger partial charge in [-0.05, 0) is 35.7 Å². The van der Waals surface area contributed by atoms with Gasteiger partial charge in [0.15, 0.2) is 5.65 Å². The second kappa shape index (κ2) is 10.5. The minimum absolute atomic E-state index is 0.224. The molecule has 4 heterocycles. The van der Waals surface area contributed by atoms with Crippen LogP contribution in [0.3, 0.4) is 0 Å². The molecule has 2 aliphatic rings. The molecule has 0 radical (unpaired) electrons. The zero-order chi connectivity index (χ0) is 27.1. The van der Waals surface area contributed by atoms with E-state index in [2.05, 4.69) is 15.0 Å². The minimum atomic E-state index is -3.41. The van der Waals surface area contributed by atoms with E-state index in [-0.39, 0.29) is 19.2 Å². The lowest BCUT2D eigenvalue weighted by Crippen LogP contribution is -2.45. The van der Waals surface area contributed by atoms with E-state index in [1.807, 2.05) is 36.4 Å². The number of imidazole rings is 1. The van der Waals surface area contributed by atoms with Crippen LogP contribution in [0.4, 0.5) is 0 Å². The molecule has 0 amide bonds. The van der Waals surface area contributed by atoms with Crippen LogP contribution < -0.4 is 4.74 Å². The van der Waals surface area contributed by atoms with E-state index < -0.39 is 28.3 Å². The van der Waals surface area contributed by atoms with Crippen LogP contribution in [0, 0.1) is 0 Å². The van der Waals surface area contributed by atoms with Crippen molar-refractivity contribution in [1.82, 2.24) is 19.3 Å². The molecule has 6 rings (SSSR count). The number of halogens is 1. The van der Waals surface area contributed by atoms with Crippen LogP contribution in [0.15, 0.2) is 59.5 Å². The van der Waals surface area contributed by atoms with Gasteiger partial charge in [-0.1, -0.05) is 48.0 Å². The van der Waals surface area contributed by atoms with Crippen molar-refractivity contribution in [2.75, 3.05) is 26.3 Å². The summed E-state index contributed by atoms with van der Waals surface area (Å²) in [5.74, 6) is 0. The highest BCUT2D eigenvalue weighted by atomic mass is 35.5. The van der Waals surface area contributed by atoms with Crippen LogP contribution >= 0.6 is 11.6 Å². The number of aliphatic hydroxyl groups is 2. The normalized spacial score (nSPS) is 22.1. The van der Waals surface area contributed by atoms with E-state index in [4.69, 9.17) is 21.1 Å². The zero-order valence-corrected chi connectivity index (χ0v) is 22.4. The first kappa shape index (κ1) is 26.2. The second-order valence-corrected chi connectivity index (χ2v) is 12.0. The number of sulfonamides is 1. The highest BCUT2D eigenvalue weighted by Crippen LogP contribution is 2.32. The average molecular weight is 571 g/mol. The number of aromatic nitrogens is 3. The predicted molar refractivity (Wildman–Crippen MR) is 145 cm³/mol. The van der Waals surface area contributed by atoms with Crippen molar-refractivity contribution in [2.24, 2.45) is 0 Å². The van der Waals surface area contributed by atoms with Crippen LogP contribution in [0.25, 0.3) is 33.5 Å². The van der Waals surface area contributed by atoms with Gasteiger partial charge in [0, 0.05) is 25.1 Å². The van der Waals surface area contributed by atoms with Gasteiger partial charge in [0.05, 0.1) is 40.4 Å². The number of rotatable bonds is 7. The summed E-state index contributed by atoms with van der Waals surface area (Å²) >= 11 is 6.56. The van der Waals surface area contributed by atoms with Gasteiger partial charge in [0.2, 0.25) is 10.0 Å². The fraction of sp³-hybridized carbons (Fsp3) is 0.333. The fourth-order valence-electron chi connectivity index (χ4n) is 4.72. The molecule has 0 aliphatic carbocycles. The topological polar surface area (TPSA) is 138 Å². The summed E-state index contributed by atoms with van der Waals surface area (Å²) in [5.41, 5.74) is 4.22. The van der Waals surface area contributed by atoms with Crippen LogP contribution in [0.2, 0.25) is 5.02 Å². The molecule has 39 heavy (non-hydrogen) atoms. The van der Waals surface area contributed by atoms with Crippen molar-refractivity contribution in [2.45, 2.75) is 36.0 Å². The second-order valence-electron chi connectivity index (χ2n) is 9.69. The lowest BCUT2D eigenvalue weighted by Gasteiger charge is -2.31. The quantitative estimate of drug-likeness (QED) is 0.308. The smallest absolute Gasteiger partial charge is 0.296 e. The van der Waals surface area contributed by atoms with E-state index in [0.29, 0.717) is 46.3 Å². The molecule has 0 bridgehead atoms. The first-order valence-electron chi connectivity index (χ1n) is 12.7. The highest BCUT2D eigenvalue weighted by Gasteiger charge is 2.31. The van der Waals surface area contributed by atoms with Gasteiger partial charge in [-0.15, -0.1) is 0 Å². The molecule has 204 valence electrons. The zero-order valence-electron chi connectivity index (χ0n) is 20.8. The van der Waals surface area contributed by atoms with Gasteiger partial charge >= 0.3 is 0 Å². The van der Waals surface area contributed by atoms with Gasteiger partial charge in [0.1, 0.15) is 12.2 Å². The largest absolute Gasteiger partial charge is 0.459 e. The molecule has 0 unspecified atom stereocenters. The summed E-state index contributed by atoms with van der Waals surface area (Å²) in [4.78, 5) is 12.4. The number of hydrogen-bond donors (Lipinski definition) is 3. The van der Waals surface area contributed by atoms with E-state index >= 15 is 0 Å². The summed E-state index contributed by atoms with van der Waals surface area (Å²) in [7, 11) is -3.41. The summed E-state index contributed by atoms with van der Waals surface area (Å²) < 4.78 is 38.0. The van der Waals surface area contributed by atoms with Crippen LogP contribution in [-0.4, -0.2) is 82.5 Å². The van der Waals surface area contributed by atoms with Crippen molar-refractivity contribution in [3.8, 4) is 28.4 Å². The fourth-order valence-corrected chi connectivity index (χ4v) is 6.49. The molecule has 4 aromatic rings. The molecule has 3 atom stereocenters. The molecular formula is C27H27ClN4O6S. The van der Waals surface area contributed by atoms with E-state index in [0.717, 1.165) is 23.1 Å². The van der Waals surface area contributed by atoms with Crippen LogP contribution in [0.1, 0.15) is 12.8 Å². The van der Waals surface area contributed by atoms with Crippen molar-refractivity contribution in [1.29, 1.82) is 0 Å². The highest BCUT2D eigenvalue weighted by molar-refractivity contribution is 7.89. The summed E-state index contributed by atoms with van der Waals surface area (Å²) in [5, 5.41) is 19.7. The maximum Gasteiger partial charge on any atom is 0.296 e. The van der Waals surface area contributed by atoms with Gasteiger partial charge < -0.3 is 24.7 Å². The number of aromatic amines is 1. The SMILES string of the molecule is O=S(=O)(c1ccc(-c2ccc(-c3nc4nc(O[C@H]5CO[C@H](CO)[C@@H](O)C5)[nH]c4cc3Cl)cc2)cc1)N1CCC1. The van der Waals surface area contributed by atoms with E-state index in [1.165, 1.54) is 4.31 Å². The molecule has 0 spiro atoms. The monoisotopic (exact) mass is 570 g/mol. The number of aliphatic hydroxyl groups excluding tert-OH is 2. The first-order chi connectivity index (χ1) is 18.8. The Balaban J connectivity index is 1.19. The summed E-state index contributed by atoms with van der Waals surface area (Å²) in [6.07, 6.45) is -0.642. The number of nitrogens with zero attached hydrogens (tertiary/aromatic N) is 3. The molecular weight excluding hydrogens is 544 g/mol. The van der Waals surface area contributed by atoms with Gasteiger partial charge in [-0.25, -0.2) is 13.4 Å². The lowest BCUT2D eigenvalue weighted by atomic mass is 10.0. The first-order valence-corrected chi connectivity index (χ1v) is 14.5. The number of fused-ring (bicyclic) bond motifs is 1. The molecule has 2 aliphatic heterocycles. The Labute approximate surface area is 230 Å². The predicted octanol–water partition coefficient (Wildman–Crippen LogP) is 3.23. The summed E-state index contributed by atoms with van der Waals surface area (Å²) in [6.45, 7) is 1.13. The Hall–Kier alpha value is -3.06. The Morgan fingerprint density at radius 2 is 1.72 bits per heavy atom. The third-order valence-corrected chi connectivity index (χ3v) is 9.29. The molecule has 2 saturated heterocycles. The molecule has 3 N–H and O–H groups in total. The molecule has 0 saturated carbocycles. The molecule has 12 heteroatoms. The van der Waals surface area contributed by atoms with Gasteiger partial charge in [-0.2, -0.15) is 9.29 Å². The Bertz CT molecular complexity index is 1590. The number of ether oxygens (including phenoxy) is 2. The van der Waals surface area contributed by atoms with Crippen molar-refractivity contribution < 1.29 is 28.1 Å². The molecule has 10 nitrogen and oxygen atoms in total. The number of nitrogens with one attached hydrogen (secondary N) is 1. The van der Waals surface area contributed by atoms with Crippen LogP contribution in [0.5, 0.6) is 6.01 Å². The molecule has 2 fully saturated rings. The summed E-state index contributed by atoms with van der Waals surface area (Å²) in [6, 6.07) is 16.6. The number of pyridine rings is 1. The number of benzene rings is 2. The van der Waals surface area contributed by atoms with Gasteiger partial charge in [0.25, 0.3) is 6.01 Å². The maximum absolute atomic E-state index is 12.6. The van der Waals surface area contributed by atoms with Gasteiger partial charge in [-0.3, -0.25) is 0 Å². The van der Waals surface area contributed by atoms with Crippen LogP contribution in [-0.2, 0) is 14.8 Å². The maximum atomic E-state index is 12.6. The minimum Gasteiger partial charge on any atom is -0.459 e. The van der Waals surface area contributed by atoms with E-state index in [9.17, 15) is 18.6 Å². The molecule has 2 aromatic heterocycles. The van der Waals surface area contributed by atoms with Crippen molar-refractivity contribution >= 4 is 32.8 Å². The average Bonchev–Trinajstić information content (AvgIpc) is 3.28. The third kappa shape index (κ3) is 5.13. The van der Waals surface area contributed by atoms with Crippen molar-refractivity contribution in [3.05, 3.63) is 59.6 Å².